The lowest BCUT2D eigenvalue weighted by Crippen LogP contribution is -2.44. The van der Waals surface area contributed by atoms with E-state index in [9.17, 15) is 4.79 Å². The van der Waals surface area contributed by atoms with Gasteiger partial charge in [-0.2, -0.15) is 0 Å². The lowest BCUT2D eigenvalue weighted by molar-refractivity contribution is -0.122. The van der Waals surface area contributed by atoms with Gasteiger partial charge in [-0.05, 0) is 36.5 Å². The first-order valence-corrected chi connectivity index (χ1v) is 6.38. The molecule has 2 bridgehead atoms. The maximum absolute atomic E-state index is 11.9. The number of ether oxygens (including phenoxy) is 1. The summed E-state index contributed by atoms with van der Waals surface area (Å²) >= 11 is 0. The van der Waals surface area contributed by atoms with Crippen LogP contribution in [0.2, 0.25) is 0 Å². The third-order valence-corrected chi connectivity index (χ3v) is 5.68. The molecule has 0 unspecified atom stereocenters. The second kappa shape index (κ2) is 2.79. The summed E-state index contributed by atoms with van der Waals surface area (Å²) in [6, 6.07) is 0.445. The number of nitrogens with two attached hydrogens (primary N) is 1. The number of nitrogens with one attached hydrogen (secondary N) is 1. The highest BCUT2D eigenvalue weighted by molar-refractivity contribution is 5.83. The van der Waals surface area contributed by atoms with E-state index in [1.165, 1.54) is 0 Å². The molecule has 2 saturated carbocycles. The van der Waals surface area contributed by atoms with Gasteiger partial charge in [-0.3, -0.25) is 4.79 Å². The van der Waals surface area contributed by atoms with Crippen LogP contribution >= 0.6 is 0 Å². The van der Waals surface area contributed by atoms with E-state index in [1.54, 1.807) is 0 Å². The van der Waals surface area contributed by atoms with Gasteiger partial charge in [0.05, 0.1) is 0 Å². The van der Waals surface area contributed by atoms with Gasteiger partial charge in [0, 0.05) is 31.2 Å². The van der Waals surface area contributed by atoms with Gasteiger partial charge in [0.25, 0.3) is 0 Å². The van der Waals surface area contributed by atoms with Crippen molar-refractivity contribution < 1.29 is 9.53 Å². The van der Waals surface area contributed by atoms with Crippen LogP contribution in [-0.2, 0) is 9.53 Å². The van der Waals surface area contributed by atoms with Crippen molar-refractivity contribution in [2.24, 2.45) is 28.9 Å². The molecule has 2 heterocycles. The van der Waals surface area contributed by atoms with Crippen LogP contribution in [-0.4, -0.2) is 31.2 Å². The molecule has 1 spiro atoms. The average molecular weight is 222 g/mol. The van der Waals surface area contributed by atoms with Crippen molar-refractivity contribution in [1.29, 1.82) is 0 Å². The van der Waals surface area contributed by atoms with Crippen LogP contribution in [0.25, 0.3) is 0 Å². The largest absolute Gasteiger partial charge is 0.381 e. The molecule has 88 valence electrons. The van der Waals surface area contributed by atoms with Crippen molar-refractivity contribution in [1.82, 2.24) is 5.32 Å². The molecule has 1 amide bonds. The van der Waals surface area contributed by atoms with Crippen molar-refractivity contribution in [3.8, 4) is 0 Å². The summed E-state index contributed by atoms with van der Waals surface area (Å²) in [6.07, 6.45) is 3.24. The maximum Gasteiger partial charge on any atom is 0.223 e. The average Bonchev–Trinajstić information content (AvgIpc) is 2.81. The second-order valence-electron chi connectivity index (χ2n) is 5.93. The SMILES string of the molecule is N[C@@H]1[C@@H]2NC(=O)[C@H]3C[C@H]1C1(CCOCC1)[C@@H]23. The number of amides is 1. The van der Waals surface area contributed by atoms with Gasteiger partial charge in [-0.25, -0.2) is 0 Å². The summed E-state index contributed by atoms with van der Waals surface area (Å²) < 4.78 is 5.49. The molecular weight excluding hydrogens is 204 g/mol. The highest BCUT2D eigenvalue weighted by Crippen LogP contribution is 2.66. The fraction of sp³-hybridized carbons (Fsp3) is 0.917. The van der Waals surface area contributed by atoms with Gasteiger partial charge in [0.2, 0.25) is 5.91 Å². The molecule has 2 aliphatic carbocycles. The molecule has 5 atom stereocenters. The molecule has 4 rings (SSSR count). The van der Waals surface area contributed by atoms with Crippen molar-refractivity contribution in [2.45, 2.75) is 31.3 Å². The van der Waals surface area contributed by atoms with Crippen LogP contribution < -0.4 is 11.1 Å². The van der Waals surface area contributed by atoms with E-state index >= 15 is 0 Å². The van der Waals surface area contributed by atoms with Gasteiger partial charge in [0.15, 0.2) is 0 Å². The predicted octanol–water partition coefficient (Wildman–Crippen LogP) is -0.125. The summed E-state index contributed by atoms with van der Waals surface area (Å²) in [5, 5.41) is 3.12. The molecular formula is C12H18N2O2. The Labute approximate surface area is 94.9 Å². The normalized spacial score (nSPS) is 52.3. The molecule has 0 radical (unpaired) electrons. The smallest absolute Gasteiger partial charge is 0.223 e. The third kappa shape index (κ3) is 0.843. The molecule has 4 aliphatic rings. The number of rotatable bonds is 0. The van der Waals surface area contributed by atoms with Gasteiger partial charge in [-0.15, -0.1) is 0 Å². The monoisotopic (exact) mass is 222 g/mol. The highest BCUT2D eigenvalue weighted by Gasteiger charge is 2.70. The van der Waals surface area contributed by atoms with E-state index in [0.29, 0.717) is 17.3 Å². The van der Waals surface area contributed by atoms with Crippen molar-refractivity contribution in [3.63, 3.8) is 0 Å². The van der Waals surface area contributed by atoms with E-state index < -0.39 is 0 Å². The molecule has 0 aromatic rings. The molecule has 3 N–H and O–H groups in total. The Hall–Kier alpha value is -0.610. The second-order valence-corrected chi connectivity index (χ2v) is 5.93. The van der Waals surface area contributed by atoms with Gasteiger partial charge in [0.1, 0.15) is 0 Å². The fourth-order valence-corrected chi connectivity index (χ4v) is 5.12. The molecule has 4 nitrogen and oxygen atoms in total. The van der Waals surface area contributed by atoms with Crippen LogP contribution in [0.1, 0.15) is 19.3 Å². The molecule has 16 heavy (non-hydrogen) atoms. The van der Waals surface area contributed by atoms with E-state index in [0.717, 1.165) is 32.5 Å². The zero-order chi connectivity index (χ0) is 10.9. The summed E-state index contributed by atoms with van der Waals surface area (Å²) in [5.74, 6) is 1.57. The fourth-order valence-electron chi connectivity index (χ4n) is 5.12. The van der Waals surface area contributed by atoms with Gasteiger partial charge in [-0.1, -0.05) is 0 Å². The summed E-state index contributed by atoms with van der Waals surface area (Å²) in [7, 11) is 0. The Kier molecular flexibility index (Phi) is 1.65. The Bertz CT molecular complexity index is 351. The minimum Gasteiger partial charge on any atom is -0.381 e. The first-order valence-electron chi connectivity index (χ1n) is 6.38. The molecule has 2 saturated heterocycles. The Balaban J connectivity index is 1.79. The van der Waals surface area contributed by atoms with Crippen molar-refractivity contribution in [2.75, 3.05) is 13.2 Å². The quantitative estimate of drug-likeness (QED) is 0.600. The number of carbonyl (C=O) groups is 1. The summed E-state index contributed by atoms with van der Waals surface area (Å²) in [6.45, 7) is 1.71. The van der Waals surface area contributed by atoms with E-state index in [1.807, 2.05) is 0 Å². The number of hydrogen-bond acceptors (Lipinski definition) is 3. The number of hydrogen-bond donors (Lipinski definition) is 2. The third-order valence-electron chi connectivity index (χ3n) is 5.68. The van der Waals surface area contributed by atoms with E-state index in [-0.39, 0.29) is 23.9 Å². The molecule has 0 aromatic carbocycles. The number of carbonyl (C=O) groups excluding carboxylic acids is 1. The van der Waals surface area contributed by atoms with Crippen LogP contribution in [0.5, 0.6) is 0 Å². The summed E-state index contributed by atoms with van der Waals surface area (Å²) in [4.78, 5) is 11.9. The zero-order valence-corrected chi connectivity index (χ0v) is 9.32. The van der Waals surface area contributed by atoms with Gasteiger partial charge < -0.3 is 15.8 Å². The van der Waals surface area contributed by atoms with Crippen molar-refractivity contribution in [3.05, 3.63) is 0 Å². The molecule has 4 heteroatoms. The minimum atomic E-state index is 0.186. The molecule has 2 aliphatic heterocycles. The Morgan fingerprint density at radius 2 is 2.12 bits per heavy atom. The lowest BCUT2D eigenvalue weighted by atomic mass is 9.70. The predicted molar refractivity (Wildman–Crippen MR) is 57.5 cm³/mol. The highest BCUT2D eigenvalue weighted by atomic mass is 16.5. The molecule has 4 fully saturated rings. The minimum absolute atomic E-state index is 0.186. The van der Waals surface area contributed by atoms with Crippen molar-refractivity contribution >= 4 is 5.91 Å². The van der Waals surface area contributed by atoms with Crippen LogP contribution in [0, 0.1) is 23.2 Å². The van der Waals surface area contributed by atoms with E-state index in [4.69, 9.17) is 10.5 Å². The van der Waals surface area contributed by atoms with Crippen LogP contribution in [0.15, 0.2) is 0 Å². The lowest BCUT2D eigenvalue weighted by Gasteiger charge is -2.38. The summed E-state index contributed by atoms with van der Waals surface area (Å²) in [5.41, 5.74) is 6.64. The Morgan fingerprint density at radius 1 is 1.38 bits per heavy atom. The van der Waals surface area contributed by atoms with E-state index in [2.05, 4.69) is 5.32 Å². The first-order chi connectivity index (χ1) is 7.74. The van der Waals surface area contributed by atoms with Gasteiger partial charge >= 0.3 is 0 Å². The molecule has 0 aromatic heterocycles. The van der Waals surface area contributed by atoms with Crippen LogP contribution in [0.4, 0.5) is 0 Å². The van der Waals surface area contributed by atoms with Crippen LogP contribution in [0.3, 0.4) is 0 Å². The maximum atomic E-state index is 11.9. The zero-order valence-electron chi connectivity index (χ0n) is 9.32. The first kappa shape index (κ1) is 9.42. The standard InChI is InChI=1S/C12H18N2O2/c13-9-7-5-6-8(10(9)14-11(6)15)12(7)1-3-16-4-2-12/h6-10H,1-5,13H2,(H,14,15)/t6-,7+,8+,9-,10+/m0/s1. The topological polar surface area (TPSA) is 64.3 Å². The Morgan fingerprint density at radius 3 is 2.88 bits per heavy atom.